The van der Waals surface area contributed by atoms with E-state index in [1.807, 2.05) is 32.2 Å². The van der Waals surface area contributed by atoms with Crippen LogP contribution in [0.4, 0.5) is 0 Å². The molecule has 6 heteroatoms. The zero-order valence-corrected chi connectivity index (χ0v) is 18.1. The molecule has 0 radical (unpaired) electrons. The van der Waals surface area contributed by atoms with Crippen LogP contribution in [0.5, 0.6) is 0 Å². The van der Waals surface area contributed by atoms with Gasteiger partial charge < -0.3 is 19.4 Å². The fourth-order valence-corrected chi connectivity index (χ4v) is 6.70. The van der Waals surface area contributed by atoms with Crippen LogP contribution in [-0.2, 0) is 16.0 Å². The van der Waals surface area contributed by atoms with E-state index in [1.54, 1.807) is 6.20 Å². The third kappa shape index (κ3) is 3.76. The molecule has 0 saturated heterocycles. The SMILES string of the molecule is CCOC(C)OCCn1c(C(=O)NC23CC4CC(CC(C4)C2)C3)cc2cnccc21. The second kappa shape index (κ2) is 7.97. The first-order valence-electron chi connectivity index (χ1n) is 11.5. The summed E-state index contributed by atoms with van der Waals surface area (Å²) in [6.07, 6.45) is 10.9. The lowest BCUT2D eigenvalue weighted by Crippen LogP contribution is -2.60. The van der Waals surface area contributed by atoms with Crippen molar-refractivity contribution in [3.05, 3.63) is 30.2 Å². The van der Waals surface area contributed by atoms with Gasteiger partial charge in [0.2, 0.25) is 0 Å². The van der Waals surface area contributed by atoms with Crippen molar-refractivity contribution in [3.63, 3.8) is 0 Å². The number of hydrogen-bond acceptors (Lipinski definition) is 4. The zero-order chi connectivity index (χ0) is 20.7. The van der Waals surface area contributed by atoms with Gasteiger partial charge in [-0.2, -0.15) is 0 Å². The fraction of sp³-hybridized carbons (Fsp3) is 0.667. The van der Waals surface area contributed by atoms with Crippen molar-refractivity contribution >= 4 is 16.8 Å². The second-order valence-electron chi connectivity index (χ2n) is 9.66. The molecule has 2 aromatic heterocycles. The molecule has 6 nitrogen and oxygen atoms in total. The minimum absolute atomic E-state index is 0.00531. The topological polar surface area (TPSA) is 65.4 Å². The molecule has 4 fully saturated rings. The lowest BCUT2D eigenvalue weighted by molar-refractivity contribution is -0.128. The van der Waals surface area contributed by atoms with Crippen molar-refractivity contribution in [1.82, 2.24) is 14.9 Å². The van der Waals surface area contributed by atoms with E-state index >= 15 is 0 Å². The Balaban J connectivity index is 1.36. The highest BCUT2D eigenvalue weighted by molar-refractivity contribution is 5.99. The van der Waals surface area contributed by atoms with Crippen molar-refractivity contribution in [1.29, 1.82) is 0 Å². The van der Waals surface area contributed by atoms with E-state index in [0.29, 0.717) is 25.5 Å². The molecule has 0 aromatic carbocycles. The van der Waals surface area contributed by atoms with Crippen molar-refractivity contribution in [3.8, 4) is 0 Å². The van der Waals surface area contributed by atoms with Gasteiger partial charge in [-0.25, -0.2) is 0 Å². The maximum Gasteiger partial charge on any atom is 0.268 e. The van der Waals surface area contributed by atoms with E-state index in [0.717, 1.165) is 47.9 Å². The molecule has 0 aliphatic heterocycles. The number of fused-ring (bicyclic) bond motifs is 1. The van der Waals surface area contributed by atoms with Crippen LogP contribution in [-0.4, -0.2) is 40.5 Å². The van der Waals surface area contributed by atoms with Crippen molar-refractivity contribution < 1.29 is 14.3 Å². The molecule has 162 valence electrons. The number of ether oxygens (including phenoxy) is 2. The van der Waals surface area contributed by atoms with Crippen LogP contribution in [0, 0.1) is 17.8 Å². The number of aromatic nitrogens is 2. The number of amides is 1. The first-order chi connectivity index (χ1) is 14.5. The van der Waals surface area contributed by atoms with Crippen LogP contribution in [0.3, 0.4) is 0 Å². The van der Waals surface area contributed by atoms with Gasteiger partial charge in [0, 0.05) is 36.5 Å². The first kappa shape index (κ1) is 20.0. The third-order valence-electron chi connectivity index (χ3n) is 7.42. The molecule has 2 aromatic rings. The van der Waals surface area contributed by atoms with Crippen LogP contribution in [0.1, 0.15) is 62.9 Å². The summed E-state index contributed by atoms with van der Waals surface area (Å²) >= 11 is 0. The third-order valence-corrected chi connectivity index (χ3v) is 7.42. The van der Waals surface area contributed by atoms with E-state index in [1.165, 1.54) is 19.3 Å². The summed E-state index contributed by atoms with van der Waals surface area (Å²) in [6, 6.07) is 3.95. The highest BCUT2D eigenvalue weighted by Gasteiger charge is 2.51. The van der Waals surface area contributed by atoms with Gasteiger partial charge in [-0.05, 0) is 82.3 Å². The Labute approximate surface area is 178 Å². The van der Waals surface area contributed by atoms with Crippen LogP contribution in [0.15, 0.2) is 24.5 Å². The maximum atomic E-state index is 13.5. The van der Waals surface area contributed by atoms with Crippen LogP contribution < -0.4 is 5.32 Å². The van der Waals surface area contributed by atoms with Crippen LogP contribution in [0.2, 0.25) is 0 Å². The molecular weight excluding hydrogens is 378 g/mol. The number of pyridine rings is 1. The Kier molecular flexibility index (Phi) is 5.31. The summed E-state index contributed by atoms with van der Waals surface area (Å²) in [5, 5.41) is 4.51. The average Bonchev–Trinajstić information content (AvgIpc) is 3.06. The van der Waals surface area contributed by atoms with Crippen LogP contribution >= 0.6 is 0 Å². The number of hydrogen-bond donors (Lipinski definition) is 1. The second-order valence-corrected chi connectivity index (χ2v) is 9.66. The zero-order valence-electron chi connectivity index (χ0n) is 18.1. The van der Waals surface area contributed by atoms with Gasteiger partial charge in [-0.15, -0.1) is 0 Å². The number of rotatable bonds is 8. The minimum Gasteiger partial charge on any atom is -0.353 e. The molecule has 1 atom stereocenters. The van der Waals surface area contributed by atoms with Gasteiger partial charge in [-0.3, -0.25) is 9.78 Å². The summed E-state index contributed by atoms with van der Waals surface area (Å²) in [5.74, 6) is 2.46. The molecule has 1 unspecified atom stereocenters. The lowest BCUT2D eigenvalue weighted by atomic mass is 9.53. The van der Waals surface area contributed by atoms with E-state index in [-0.39, 0.29) is 17.7 Å². The summed E-state index contributed by atoms with van der Waals surface area (Å²) in [7, 11) is 0. The number of carbonyl (C=O) groups excluding carboxylic acids is 1. The predicted octanol–water partition coefficient (Wildman–Crippen LogP) is 4.13. The fourth-order valence-electron chi connectivity index (χ4n) is 6.70. The molecule has 30 heavy (non-hydrogen) atoms. The molecular formula is C24H33N3O3. The summed E-state index contributed by atoms with van der Waals surface area (Å²) in [6.45, 7) is 5.58. The minimum atomic E-state index is -0.247. The molecule has 0 spiro atoms. The van der Waals surface area contributed by atoms with Gasteiger partial charge in [0.05, 0.1) is 12.1 Å². The highest BCUT2D eigenvalue weighted by Crippen LogP contribution is 2.55. The predicted molar refractivity (Wildman–Crippen MR) is 115 cm³/mol. The number of nitrogens with one attached hydrogen (secondary N) is 1. The molecule has 4 aliphatic carbocycles. The molecule has 4 aliphatic rings. The van der Waals surface area contributed by atoms with Gasteiger partial charge in [0.15, 0.2) is 6.29 Å². The van der Waals surface area contributed by atoms with E-state index < -0.39 is 0 Å². The normalized spacial score (nSPS) is 30.7. The van der Waals surface area contributed by atoms with Crippen LogP contribution in [0.25, 0.3) is 10.9 Å². The van der Waals surface area contributed by atoms with Crippen molar-refractivity contribution in [2.45, 2.75) is 70.7 Å². The summed E-state index contributed by atoms with van der Waals surface area (Å²) in [5.41, 5.74) is 1.74. The molecule has 1 N–H and O–H groups in total. The van der Waals surface area contributed by atoms with Gasteiger partial charge in [-0.1, -0.05) is 0 Å². The van der Waals surface area contributed by atoms with Crippen molar-refractivity contribution in [2.24, 2.45) is 17.8 Å². The van der Waals surface area contributed by atoms with Gasteiger partial charge in [0.1, 0.15) is 5.69 Å². The number of nitrogens with zero attached hydrogens (tertiary/aromatic N) is 2. The van der Waals surface area contributed by atoms with Gasteiger partial charge >= 0.3 is 0 Å². The summed E-state index contributed by atoms with van der Waals surface area (Å²) in [4.78, 5) is 17.7. The Hall–Kier alpha value is -1.92. The van der Waals surface area contributed by atoms with E-state index in [4.69, 9.17) is 9.47 Å². The molecule has 4 bridgehead atoms. The molecule has 2 heterocycles. The van der Waals surface area contributed by atoms with E-state index in [9.17, 15) is 4.79 Å². The Bertz CT molecular complexity index is 886. The summed E-state index contributed by atoms with van der Waals surface area (Å²) < 4.78 is 13.3. The molecule has 4 saturated carbocycles. The molecule has 1 amide bonds. The smallest absolute Gasteiger partial charge is 0.268 e. The van der Waals surface area contributed by atoms with Gasteiger partial charge in [0.25, 0.3) is 5.91 Å². The largest absolute Gasteiger partial charge is 0.353 e. The lowest BCUT2D eigenvalue weighted by Gasteiger charge is -2.56. The maximum absolute atomic E-state index is 13.5. The average molecular weight is 412 g/mol. The van der Waals surface area contributed by atoms with Crippen molar-refractivity contribution in [2.75, 3.05) is 13.2 Å². The number of carbonyl (C=O) groups is 1. The first-order valence-corrected chi connectivity index (χ1v) is 11.5. The Morgan fingerprint density at radius 2 is 1.93 bits per heavy atom. The molecule has 6 rings (SSSR count). The highest BCUT2D eigenvalue weighted by atomic mass is 16.7. The van der Waals surface area contributed by atoms with E-state index in [2.05, 4.69) is 14.9 Å². The quantitative estimate of drug-likeness (QED) is 0.663. The monoisotopic (exact) mass is 411 g/mol. The Morgan fingerprint density at radius 1 is 1.23 bits per heavy atom. The standard InChI is InChI=1S/C24H33N3O3/c1-3-29-16(2)30-7-6-27-21-4-5-25-15-20(21)11-22(27)23(28)26-24-12-17-8-18(13-24)10-19(9-17)14-24/h4-5,11,15-19H,3,6-10,12-14H2,1-2H3,(H,26,28). The Morgan fingerprint density at radius 3 is 2.60 bits per heavy atom.